The van der Waals surface area contributed by atoms with E-state index in [1.54, 1.807) is 0 Å². The van der Waals surface area contributed by atoms with Gasteiger partial charge >= 0.3 is 5.97 Å². The van der Waals surface area contributed by atoms with Crippen LogP contribution in [0.2, 0.25) is 0 Å². The summed E-state index contributed by atoms with van der Waals surface area (Å²) in [5.74, 6) is -1.45. The molecule has 20 heavy (non-hydrogen) atoms. The van der Waals surface area contributed by atoms with Crippen LogP contribution in [0.4, 0.5) is 0 Å². The van der Waals surface area contributed by atoms with E-state index in [0.29, 0.717) is 19.0 Å². The second-order valence-electron chi connectivity index (χ2n) is 4.91. The van der Waals surface area contributed by atoms with Crippen LogP contribution >= 0.6 is 0 Å². The molecule has 1 atom stereocenters. The maximum Gasteiger partial charge on any atom is 0.339 e. The van der Waals surface area contributed by atoms with Gasteiger partial charge in [0.1, 0.15) is 11.3 Å². The van der Waals surface area contributed by atoms with E-state index in [4.69, 9.17) is 5.11 Å². The number of carboxylic acid groups (broad SMARTS) is 1. The largest absolute Gasteiger partial charge is 0.507 e. The third-order valence-corrected chi connectivity index (χ3v) is 5.52. The summed E-state index contributed by atoms with van der Waals surface area (Å²) in [6.45, 7) is 2.93. The summed E-state index contributed by atoms with van der Waals surface area (Å²) in [4.78, 5) is 10.9. The van der Waals surface area contributed by atoms with Crippen molar-refractivity contribution in [1.29, 1.82) is 0 Å². The number of carbonyl (C=O) groups is 1. The zero-order valence-corrected chi connectivity index (χ0v) is 11.9. The summed E-state index contributed by atoms with van der Waals surface area (Å²) in [7, 11) is -3.70. The lowest BCUT2D eigenvalue weighted by atomic mass is 10.1. The number of hydrogen-bond acceptors (Lipinski definition) is 4. The molecule has 110 valence electrons. The topological polar surface area (TPSA) is 94.9 Å². The molecule has 1 aliphatic heterocycles. The summed E-state index contributed by atoms with van der Waals surface area (Å²) in [5, 5.41) is 18.4. The SMILES string of the molecule is CCC1CCN(S(=O)(=O)c2ccc(O)c(C(=O)O)c2)C1. The Balaban J connectivity index is 2.35. The molecule has 0 saturated carbocycles. The van der Waals surface area contributed by atoms with Gasteiger partial charge in [-0.1, -0.05) is 13.3 Å². The van der Waals surface area contributed by atoms with Crippen molar-refractivity contribution in [3.05, 3.63) is 23.8 Å². The number of phenols is 1. The number of sulfonamides is 1. The van der Waals surface area contributed by atoms with Gasteiger partial charge in [0.25, 0.3) is 0 Å². The van der Waals surface area contributed by atoms with E-state index < -0.39 is 27.3 Å². The number of carboxylic acids is 1. The highest BCUT2D eigenvalue weighted by atomic mass is 32.2. The van der Waals surface area contributed by atoms with Crippen LogP contribution in [-0.2, 0) is 10.0 Å². The average Bonchev–Trinajstić information content (AvgIpc) is 2.88. The smallest absolute Gasteiger partial charge is 0.339 e. The quantitative estimate of drug-likeness (QED) is 0.878. The second kappa shape index (κ2) is 5.41. The van der Waals surface area contributed by atoms with Gasteiger partial charge < -0.3 is 10.2 Å². The van der Waals surface area contributed by atoms with Gasteiger partial charge in [0.2, 0.25) is 10.0 Å². The van der Waals surface area contributed by atoms with Crippen LogP contribution in [-0.4, -0.2) is 42.0 Å². The minimum Gasteiger partial charge on any atom is -0.507 e. The summed E-state index contributed by atoms with van der Waals surface area (Å²) in [6.07, 6.45) is 1.74. The van der Waals surface area contributed by atoms with Crippen molar-refractivity contribution in [2.24, 2.45) is 5.92 Å². The Kier molecular flexibility index (Phi) is 4.01. The van der Waals surface area contributed by atoms with E-state index >= 15 is 0 Å². The first-order chi connectivity index (χ1) is 9.36. The molecule has 6 nitrogen and oxygen atoms in total. The Bertz CT molecular complexity index is 626. The van der Waals surface area contributed by atoms with Crippen LogP contribution in [0.5, 0.6) is 5.75 Å². The molecule has 1 aromatic carbocycles. The maximum atomic E-state index is 12.4. The molecule has 2 rings (SSSR count). The van der Waals surface area contributed by atoms with Crippen molar-refractivity contribution >= 4 is 16.0 Å². The molecule has 0 radical (unpaired) electrons. The summed E-state index contributed by atoms with van der Waals surface area (Å²) in [6, 6.07) is 3.34. The Morgan fingerprint density at radius 3 is 2.70 bits per heavy atom. The van der Waals surface area contributed by atoms with Crippen molar-refractivity contribution in [3.63, 3.8) is 0 Å². The Labute approximate surface area is 117 Å². The third kappa shape index (κ3) is 2.64. The number of rotatable bonds is 4. The number of benzene rings is 1. The first kappa shape index (κ1) is 14.8. The van der Waals surface area contributed by atoms with Crippen LogP contribution < -0.4 is 0 Å². The molecule has 0 amide bonds. The average molecular weight is 299 g/mol. The van der Waals surface area contributed by atoms with Gasteiger partial charge in [0, 0.05) is 13.1 Å². The van der Waals surface area contributed by atoms with Gasteiger partial charge in [0.15, 0.2) is 0 Å². The highest BCUT2D eigenvalue weighted by molar-refractivity contribution is 7.89. The molecule has 7 heteroatoms. The summed E-state index contributed by atoms with van der Waals surface area (Å²) in [5.41, 5.74) is -0.405. The van der Waals surface area contributed by atoms with Gasteiger partial charge in [-0.25, -0.2) is 13.2 Å². The number of aromatic hydroxyl groups is 1. The highest BCUT2D eigenvalue weighted by Gasteiger charge is 2.32. The third-order valence-electron chi connectivity index (χ3n) is 3.66. The van der Waals surface area contributed by atoms with E-state index in [-0.39, 0.29) is 4.90 Å². The van der Waals surface area contributed by atoms with Crippen LogP contribution in [0, 0.1) is 5.92 Å². The van der Waals surface area contributed by atoms with Crippen LogP contribution in [0.3, 0.4) is 0 Å². The van der Waals surface area contributed by atoms with Gasteiger partial charge in [0.05, 0.1) is 4.90 Å². The minimum absolute atomic E-state index is 0.0931. The summed E-state index contributed by atoms with van der Waals surface area (Å²) >= 11 is 0. The van der Waals surface area contributed by atoms with Crippen LogP contribution in [0.1, 0.15) is 30.1 Å². The number of nitrogens with zero attached hydrogens (tertiary/aromatic N) is 1. The number of hydrogen-bond donors (Lipinski definition) is 2. The lowest BCUT2D eigenvalue weighted by Gasteiger charge is -2.16. The van der Waals surface area contributed by atoms with Crippen molar-refractivity contribution in [2.75, 3.05) is 13.1 Å². The van der Waals surface area contributed by atoms with Gasteiger partial charge in [-0.2, -0.15) is 4.31 Å². The summed E-state index contributed by atoms with van der Waals surface area (Å²) < 4.78 is 26.2. The molecule has 1 saturated heterocycles. The van der Waals surface area contributed by atoms with Crippen molar-refractivity contribution in [3.8, 4) is 5.75 Å². The van der Waals surface area contributed by atoms with Gasteiger partial charge in [-0.05, 0) is 30.5 Å². The predicted octanol–water partition coefficient (Wildman–Crippen LogP) is 1.51. The molecule has 0 bridgehead atoms. The van der Waals surface area contributed by atoms with E-state index in [1.165, 1.54) is 10.4 Å². The fourth-order valence-corrected chi connectivity index (χ4v) is 3.90. The molecule has 1 fully saturated rings. The lowest BCUT2D eigenvalue weighted by Crippen LogP contribution is -2.29. The molecule has 1 aliphatic rings. The first-order valence-electron chi connectivity index (χ1n) is 6.42. The van der Waals surface area contributed by atoms with Crippen molar-refractivity contribution < 1.29 is 23.4 Å². The Morgan fingerprint density at radius 2 is 2.15 bits per heavy atom. The second-order valence-corrected chi connectivity index (χ2v) is 6.85. The standard InChI is InChI=1S/C13H17NO5S/c1-2-9-5-6-14(8-9)20(18,19)10-3-4-12(15)11(7-10)13(16)17/h3-4,7,9,15H,2,5-6,8H2,1H3,(H,16,17). The van der Waals surface area contributed by atoms with E-state index in [9.17, 15) is 18.3 Å². The monoisotopic (exact) mass is 299 g/mol. The van der Waals surface area contributed by atoms with Crippen molar-refractivity contribution in [1.82, 2.24) is 4.31 Å². The van der Waals surface area contributed by atoms with Crippen LogP contribution in [0.15, 0.2) is 23.1 Å². The Morgan fingerprint density at radius 1 is 1.45 bits per heavy atom. The van der Waals surface area contributed by atoms with Crippen molar-refractivity contribution in [2.45, 2.75) is 24.7 Å². The lowest BCUT2D eigenvalue weighted by molar-refractivity contribution is 0.0693. The van der Waals surface area contributed by atoms with Gasteiger partial charge in [-0.15, -0.1) is 0 Å². The number of aromatic carboxylic acids is 1. The van der Waals surface area contributed by atoms with Gasteiger partial charge in [-0.3, -0.25) is 0 Å². The molecular weight excluding hydrogens is 282 g/mol. The molecular formula is C13H17NO5S. The minimum atomic E-state index is -3.70. The molecule has 2 N–H and O–H groups in total. The van der Waals surface area contributed by atoms with E-state index in [0.717, 1.165) is 25.0 Å². The molecule has 0 spiro atoms. The fourth-order valence-electron chi connectivity index (χ4n) is 2.34. The molecule has 0 aromatic heterocycles. The van der Waals surface area contributed by atoms with E-state index in [2.05, 4.69) is 0 Å². The molecule has 0 aliphatic carbocycles. The van der Waals surface area contributed by atoms with Crippen LogP contribution in [0.25, 0.3) is 0 Å². The first-order valence-corrected chi connectivity index (χ1v) is 7.86. The maximum absolute atomic E-state index is 12.4. The normalized spacial score (nSPS) is 20.1. The molecule has 1 aromatic rings. The Hall–Kier alpha value is -1.60. The molecule has 1 unspecified atom stereocenters. The molecule has 1 heterocycles. The predicted molar refractivity (Wildman–Crippen MR) is 72.2 cm³/mol. The van der Waals surface area contributed by atoms with E-state index in [1.807, 2.05) is 6.92 Å². The fraction of sp³-hybridized carbons (Fsp3) is 0.462. The zero-order chi connectivity index (χ0) is 14.9. The zero-order valence-electron chi connectivity index (χ0n) is 11.1. The highest BCUT2D eigenvalue weighted by Crippen LogP contribution is 2.28.